The molecule has 0 unspecified atom stereocenters. The van der Waals surface area contributed by atoms with Crippen LogP contribution in [0.1, 0.15) is 152 Å². The van der Waals surface area contributed by atoms with Crippen molar-refractivity contribution in [2.24, 2.45) is 29.6 Å². The number of aliphatic carboxylic acids is 1. The molecule has 446 valence electrons. The van der Waals surface area contributed by atoms with Gasteiger partial charge in [-0.05, 0) is 128 Å². The van der Waals surface area contributed by atoms with Gasteiger partial charge in [-0.3, -0.25) is 19.2 Å². The van der Waals surface area contributed by atoms with Crippen LogP contribution in [-0.2, 0) is 65.4 Å². The average molecular weight is 1120 g/mol. The second-order valence-electron chi connectivity index (χ2n) is 22.8. The number of fused-ring (bicyclic) bond motifs is 4. The molecule has 2 saturated heterocycles. The molecule has 4 aliphatic heterocycles. The van der Waals surface area contributed by atoms with Gasteiger partial charge < -0.3 is 63.6 Å². The highest BCUT2D eigenvalue weighted by molar-refractivity contribution is 6.39. The molecule has 19 nitrogen and oxygen atoms in total. The number of allylic oxidation sites excluding steroid dienone is 6. The molecule has 2 bridgehead atoms. The van der Waals surface area contributed by atoms with Crippen LogP contribution in [-0.4, -0.2) is 155 Å². The Bertz CT molecular complexity index is 2480. The van der Waals surface area contributed by atoms with Crippen LogP contribution in [0.15, 0.2) is 47.6 Å². The topological polar surface area (TPSA) is 271 Å². The van der Waals surface area contributed by atoms with E-state index in [2.05, 4.69) is 6.58 Å². The SMILES string of the molecule is C=CC[C@@H]1/C=C(\C)C[C@H](C)C[C@H](OC)[C@H]2O[C@@](O)(C(=O)C(=O)N3CCCC[C@H]3C(=O)O[C@H](/C(C)=C/[C@@H]3CC[C@@H](O)[C@H](OC)C3)[C@H](C)[C@@H](O)CC1=O)[C@H](C)C[C@@H]2OC.COc1c(C)c2c(c(O)c1C/C=C(\C)CCC(=O)O)C(=O)OC2. The molecule has 0 radical (unpaired) electrons. The zero-order valence-corrected chi connectivity index (χ0v) is 48.8. The number of hydrogen-bond acceptors (Lipinski definition) is 17. The van der Waals surface area contributed by atoms with Crippen LogP contribution >= 0.6 is 0 Å². The Balaban J connectivity index is 0.000000424. The van der Waals surface area contributed by atoms with Gasteiger partial charge in [0.05, 0.1) is 37.6 Å². The summed E-state index contributed by atoms with van der Waals surface area (Å²) in [4.78, 5) is 80.2. The average Bonchev–Trinajstić information content (AvgIpc) is 3.86. The lowest BCUT2D eigenvalue weighted by atomic mass is 9.81. The number of Topliss-reactive ketones (excluding diaryl/α,β-unsaturated/α-hetero) is 2. The Morgan fingerprint density at radius 2 is 1.56 bits per heavy atom. The molecule has 3 fully saturated rings. The van der Waals surface area contributed by atoms with Crippen LogP contribution in [0.2, 0.25) is 0 Å². The Kier molecular flexibility index (Phi) is 24.3. The van der Waals surface area contributed by atoms with E-state index in [0.29, 0.717) is 86.7 Å². The third kappa shape index (κ3) is 15.8. The fourth-order valence-corrected chi connectivity index (χ4v) is 12.1. The second kappa shape index (κ2) is 29.6. The zero-order chi connectivity index (χ0) is 59.3. The number of rotatable bonds is 13. The molecule has 1 aliphatic carbocycles. The van der Waals surface area contributed by atoms with Gasteiger partial charge in [-0.2, -0.15) is 0 Å². The molecule has 0 spiro atoms. The fraction of sp³-hybridized carbons (Fsp3) is 0.672. The van der Waals surface area contributed by atoms with E-state index in [-0.39, 0.29) is 73.9 Å². The molecule has 4 heterocycles. The van der Waals surface area contributed by atoms with Crippen molar-refractivity contribution in [2.45, 2.75) is 200 Å². The molecule has 5 aliphatic rings. The minimum absolute atomic E-state index is 0.00988. The largest absolute Gasteiger partial charge is 0.507 e. The van der Waals surface area contributed by atoms with Gasteiger partial charge >= 0.3 is 17.9 Å². The van der Waals surface area contributed by atoms with Crippen LogP contribution in [0.4, 0.5) is 0 Å². The summed E-state index contributed by atoms with van der Waals surface area (Å²) >= 11 is 0. The van der Waals surface area contributed by atoms with E-state index in [4.69, 9.17) is 38.3 Å². The number of hydrogen-bond donors (Lipinski definition) is 5. The lowest BCUT2D eigenvalue weighted by molar-refractivity contribution is -0.302. The van der Waals surface area contributed by atoms with Crippen molar-refractivity contribution in [3.63, 3.8) is 0 Å². The number of phenolic OH excluding ortho intramolecular Hbond substituents is 1. The number of carbonyl (C=O) groups excluding carboxylic acids is 5. The zero-order valence-electron chi connectivity index (χ0n) is 48.8. The van der Waals surface area contributed by atoms with Gasteiger partial charge in [0.2, 0.25) is 5.79 Å². The van der Waals surface area contributed by atoms with E-state index in [1.54, 1.807) is 27.0 Å². The maximum Gasteiger partial charge on any atom is 0.342 e. The number of ketones is 2. The maximum atomic E-state index is 14.3. The molecule has 0 aromatic heterocycles. The van der Waals surface area contributed by atoms with Gasteiger partial charge in [0.15, 0.2) is 0 Å². The quantitative estimate of drug-likeness (QED) is 0.0732. The van der Waals surface area contributed by atoms with Crippen molar-refractivity contribution in [2.75, 3.05) is 35.0 Å². The predicted molar refractivity (Wildman–Crippen MR) is 295 cm³/mol. The van der Waals surface area contributed by atoms with E-state index in [1.807, 2.05) is 52.8 Å². The molecule has 19 heteroatoms. The van der Waals surface area contributed by atoms with Crippen LogP contribution in [0.25, 0.3) is 0 Å². The summed E-state index contributed by atoms with van der Waals surface area (Å²) in [6.07, 6.45) is 7.61. The number of amides is 1. The van der Waals surface area contributed by atoms with E-state index in [0.717, 1.165) is 16.7 Å². The monoisotopic (exact) mass is 1120 g/mol. The molecule has 5 N–H and O–H groups in total. The van der Waals surface area contributed by atoms with Crippen molar-refractivity contribution in [3.05, 3.63) is 69.9 Å². The second-order valence-corrected chi connectivity index (χ2v) is 22.8. The highest BCUT2D eigenvalue weighted by atomic mass is 16.7. The molecule has 1 aromatic rings. The van der Waals surface area contributed by atoms with Crippen molar-refractivity contribution >= 4 is 35.4 Å². The number of esters is 2. The predicted octanol–water partition coefficient (Wildman–Crippen LogP) is 7.37. The van der Waals surface area contributed by atoms with Gasteiger partial charge in [0.1, 0.15) is 47.7 Å². The highest BCUT2D eigenvalue weighted by Crippen LogP contribution is 2.43. The van der Waals surface area contributed by atoms with E-state index >= 15 is 0 Å². The molecule has 1 aromatic carbocycles. The molecule has 14 atom stereocenters. The molecule has 80 heavy (non-hydrogen) atoms. The Labute approximate surface area is 471 Å². The summed E-state index contributed by atoms with van der Waals surface area (Å²) in [5, 5.41) is 53.3. The lowest BCUT2D eigenvalue weighted by Gasteiger charge is -2.47. The number of nitrogens with zero attached hydrogens (tertiary/aromatic N) is 1. The summed E-state index contributed by atoms with van der Waals surface area (Å²) in [5.74, 6) is -8.73. The standard InChI is InChI=1S/C44H69NO12.C17H20O6/c1-10-13-31-19-25(2)18-26(3)20-37(54-8)40-38(55-9)22-28(5)44(52,57-40)41(49)42(50)45-17-12-11-14-32(45)43(51)56-39(29(6)34(47)24-35(31)48)27(4)21-30-15-16-33(46)36(23-30)53-7;1-9(5-7-13(18)19)4-6-11-15(20)14-12(8-23-17(14)21)10(2)16(11)22-3/h10,19,21,26,28-34,36-40,46-47,52H,1,11-18,20,22-24H2,2-9H3;4,20H,5-8H2,1-3H3,(H,18,19)/b25-19+,27-21+;9-4+/t26-,28+,29+,30-,31+,32-,33+,34-,36+,37-,38-,39+,40+,44+;/m0./s1. The third-order valence-corrected chi connectivity index (χ3v) is 16.9. The molecular weight excluding hydrogens is 1030 g/mol. The summed E-state index contributed by atoms with van der Waals surface area (Å²) in [6, 6.07) is -1.14. The van der Waals surface area contributed by atoms with Crippen molar-refractivity contribution < 1.29 is 87.5 Å². The third-order valence-electron chi connectivity index (χ3n) is 16.9. The molecule has 6 rings (SSSR count). The summed E-state index contributed by atoms with van der Waals surface area (Å²) < 4.78 is 40.1. The number of phenols is 1. The van der Waals surface area contributed by atoms with Gasteiger partial charge in [-0.1, -0.05) is 56.2 Å². The molecule has 1 saturated carbocycles. The van der Waals surface area contributed by atoms with Crippen molar-refractivity contribution in [1.29, 1.82) is 0 Å². The number of aromatic hydroxyl groups is 1. The lowest BCUT2D eigenvalue weighted by Crippen LogP contribution is -2.64. The number of piperidine rings is 1. The fourth-order valence-electron chi connectivity index (χ4n) is 12.1. The minimum Gasteiger partial charge on any atom is -0.507 e. The highest BCUT2D eigenvalue weighted by Gasteiger charge is 2.57. The first-order valence-electron chi connectivity index (χ1n) is 28.2. The number of benzene rings is 1. The summed E-state index contributed by atoms with van der Waals surface area (Å²) in [6.45, 7) is 16.9. The number of carboxylic acid groups (broad SMARTS) is 1. The Hall–Kier alpha value is -5.28. The number of cyclic esters (lactones) is 2. The van der Waals surface area contributed by atoms with Crippen LogP contribution in [0, 0.1) is 36.5 Å². The van der Waals surface area contributed by atoms with Gasteiger partial charge in [-0.15, -0.1) is 6.58 Å². The van der Waals surface area contributed by atoms with Crippen LogP contribution < -0.4 is 4.74 Å². The van der Waals surface area contributed by atoms with Crippen molar-refractivity contribution in [3.8, 4) is 11.5 Å². The first kappa shape index (κ1) is 65.5. The smallest absolute Gasteiger partial charge is 0.342 e. The summed E-state index contributed by atoms with van der Waals surface area (Å²) in [7, 11) is 6.12. The van der Waals surface area contributed by atoms with Gasteiger partial charge in [-0.25, -0.2) is 9.59 Å². The summed E-state index contributed by atoms with van der Waals surface area (Å²) in [5.41, 5.74) is 4.65. The van der Waals surface area contributed by atoms with E-state index < -0.39 is 95.8 Å². The van der Waals surface area contributed by atoms with Gasteiger partial charge in [0.25, 0.3) is 11.7 Å². The molecule has 1 amide bonds. The first-order valence-corrected chi connectivity index (χ1v) is 28.2. The minimum atomic E-state index is -2.51. The number of carboxylic acids is 1. The number of carbonyl (C=O) groups is 6. The van der Waals surface area contributed by atoms with Crippen molar-refractivity contribution in [1.82, 2.24) is 4.90 Å². The van der Waals surface area contributed by atoms with Gasteiger partial charge in [0, 0.05) is 69.6 Å². The normalized spacial score (nSPS) is 33.1. The maximum absolute atomic E-state index is 14.3. The number of aliphatic hydroxyl groups is 3. The number of methoxy groups -OCH3 is 4. The Morgan fingerprint density at radius 3 is 2.20 bits per heavy atom. The number of ether oxygens (including phenoxy) is 7. The molecular formula is C61H89NO18. The van der Waals surface area contributed by atoms with Crippen LogP contribution in [0.5, 0.6) is 11.5 Å². The van der Waals surface area contributed by atoms with Crippen LogP contribution in [0.3, 0.4) is 0 Å². The number of aliphatic hydroxyl groups excluding tert-OH is 2. The van der Waals surface area contributed by atoms with E-state index in [1.165, 1.54) is 26.2 Å². The Morgan fingerprint density at radius 1 is 0.887 bits per heavy atom. The van der Waals surface area contributed by atoms with E-state index in [9.17, 15) is 49.2 Å². The first-order chi connectivity index (χ1) is 37.8.